The largest absolute Gasteiger partial charge is 0.496 e. The third kappa shape index (κ3) is 5.66. The summed E-state index contributed by atoms with van der Waals surface area (Å²) in [6.45, 7) is 0.782. The average molecular weight is 354 g/mol. The second-order valence-electron chi connectivity index (χ2n) is 4.79. The number of carbonyl (C=O) groups is 1. The van der Waals surface area contributed by atoms with Gasteiger partial charge in [0.1, 0.15) is 18.1 Å². The number of hydrogen-bond donors (Lipinski definition) is 1. The van der Waals surface area contributed by atoms with Crippen LogP contribution in [0.4, 0.5) is 0 Å². The zero-order valence-electron chi connectivity index (χ0n) is 12.6. The van der Waals surface area contributed by atoms with Gasteiger partial charge in [0.2, 0.25) is 5.91 Å². The highest BCUT2D eigenvalue weighted by Gasteiger charge is 2.09. The Morgan fingerprint density at radius 2 is 1.78 bits per heavy atom. The van der Waals surface area contributed by atoms with Gasteiger partial charge in [-0.05, 0) is 42.5 Å². The molecule has 0 atom stereocenters. The Morgan fingerprint density at radius 3 is 2.48 bits per heavy atom. The molecule has 0 bridgehead atoms. The van der Waals surface area contributed by atoms with Crippen molar-refractivity contribution in [3.05, 3.63) is 58.1 Å². The zero-order valence-corrected chi connectivity index (χ0v) is 14.2. The highest BCUT2D eigenvalue weighted by Crippen LogP contribution is 2.23. The molecule has 0 heterocycles. The van der Waals surface area contributed by atoms with E-state index in [1.54, 1.807) is 49.6 Å². The maximum absolute atomic E-state index is 12.0. The van der Waals surface area contributed by atoms with Crippen LogP contribution in [0, 0.1) is 0 Å². The van der Waals surface area contributed by atoms with Gasteiger partial charge in [0, 0.05) is 15.6 Å². The van der Waals surface area contributed by atoms with Crippen LogP contribution < -0.4 is 14.8 Å². The maximum Gasteiger partial charge on any atom is 0.224 e. The van der Waals surface area contributed by atoms with Crippen LogP contribution in [0.5, 0.6) is 11.5 Å². The number of amides is 1. The van der Waals surface area contributed by atoms with Crippen molar-refractivity contribution in [1.29, 1.82) is 0 Å². The summed E-state index contributed by atoms with van der Waals surface area (Å²) in [5, 5.41) is 4.02. The molecule has 2 aromatic rings. The molecule has 6 heteroatoms. The van der Waals surface area contributed by atoms with Gasteiger partial charge in [-0.2, -0.15) is 0 Å². The van der Waals surface area contributed by atoms with Gasteiger partial charge < -0.3 is 14.8 Å². The first-order valence-corrected chi connectivity index (χ1v) is 7.81. The lowest BCUT2D eigenvalue weighted by molar-refractivity contribution is -0.120. The SMILES string of the molecule is COc1ccc(Cl)cc1CC(=O)NCCOc1ccc(Cl)cc1. The lowest BCUT2D eigenvalue weighted by atomic mass is 10.1. The molecule has 1 amide bonds. The summed E-state index contributed by atoms with van der Waals surface area (Å²) < 4.78 is 10.7. The van der Waals surface area contributed by atoms with E-state index in [1.165, 1.54) is 0 Å². The molecule has 4 nitrogen and oxygen atoms in total. The first-order valence-electron chi connectivity index (χ1n) is 7.06. The fourth-order valence-corrected chi connectivity index (χ4v) is 2.33. The minimum Gasteiger partial charge on any atom is -0.496 e. The predicted octanol–water partition coefficient (Wildman–Crippen LogP) is 3.74. The molecule has 0 fully saturated rings. The Balaban J connectivity index is 1.77. The van der Waals surface area contributed by atoms with E-state index in [9.17, 15) is 4.79 Å². The molecule has 0 saturated heterocycles. The standard InChI is InChI=1S/C17H17Cl2NO3/c1-22-16-7-4-14(19)10-12(16)11-17(21)20-8-9-23-15-5-2-13(18)3-6-15/h2-7,10H,8-9,11H2,1H3,(H,20,21). The smallest absolute Gasteiger partial charge is 0.224 e. The molecule has 0 aliphatic carbocycles. The topological polar surface area (TPSA) is 47.6 Å². The second-order valence-corrected chi connectivity index (χ2v) is 5.66. The summed E-state index contributed by atoms with van der Waals surface area (Å²) in [5.74, 6) is 1.23. The molecule has 23 heavy (non-hydrogen) atoms. The molecule has 0 saturated carbocycles. The van der Waals surface area contributed by atoms with Gasteiger partial charge in [-0.15, -0.1) is 0 Å². The van der Waals surface area contributed by atoms with E-state index in [4.69, 9.17) is 32.7 Å². The number of carbonyl (C=O) groups excluding carboxylic acids is 1. The van der Waals surface area contributed by atoms with Gasteiger partial charge in [-0.25, -0.2) is 0 Å². The average Bonchev–Trinajstić information content (AvgIpc) is 2.53. The molecule has 2 aromatic carbocycles. The van der Waals surface area contributed by atoms with Gasteiger partial charge in [-0.3, -0.25) is 4.79 Å². The van der Waals surface area contributed by atoms with Crippen molar-refractivity contribution in [2.75, 3.05) is 20.3 Å². The van der Waals surface area contributed by atoms with E-state index < -0.39 is 0 Å². The van der Waals surface area contributed by atoms with E-state index in [0.29, 0.717) is 34.7 Å². The fourth-order valence-electron chi connectivity index (χ4n) is 2.01. The Bertz CT molecular complexity index is 659. The molecule has 122 valence electrons. The lowest BCUT2D eigenvalue weighted by Crippen LogP contribution is -2.29. The van der Waals surface area contributed by atoms with Gasteiger partial charge in [0.15, 0.2) is 0 Å². The van der Waals surface area contributed by atoms with Crippen LogP contribution >= 0.6 is 23.2 Å². The molecule has 0 spiro atoms. The van der Waals surface area contributed by atoms with E-state index in [1.807, 2.05) is 0 Å². The van der Waals surface area contributed by atoms with Gasteiger partial charge in [0.25, 0.3) is 0 Å². The van der Waals surface area contributed by atoms with Crippen LogP contribution in [-0.2, 0) is 11.2 Å². The fraction of sp³-hybridized carbons (Fsp3) is 0.235. The summed E-state index contributed by atoms with van der Waals surface area (Å²) in [6, 6.07) is 12.3. The van der Waals surface area contributed by atoms with Gasteiger partial charge in [-0.1, -0.05) is 23.2 Å². The molecule has 2 rings (SSSR count). The van der Waals surface area contributed by atoms with Crippen LogP contribution in [0.2, 0.25) is 10.0 Å². The summed E-state index contributed by atoms with van der Waals surface area (Å²) in [4.78, 5) is 12.0. The first kappa shape index (κ1) is 17.4. The van der Waals surface area contributed by atoms with Crippen molar-refractivity contribution in [1.82, 2.24) is 5.32 Å². The number of ether oxygens (including phenoxy) is 2. The number of nitrogens with one attached hydrogen (secondary N) is 1. The Kier molecular flexibility index (Phi) is 6.56. The third-order valence-corrected chi connectivity index (χ3v) is 3.59. The molecule has 0 aromatic heterocycles. The van der Waals surface area contributed by atoms with Crippen LogP contribution in [0.15, 0.2) is 42.5 Å². The molecule has 0 radical (unpaired) electrons. The minimum atomic E-state index is -0.120. The van der Waals surface area contributed by atoms with Crippen molar-refractivity contribution in [3.8, 4) is 11.5 Å². The van der Waals surface area contributed by atoms with Gasteiger partial charge in [0.05, 0.1) is 20.1 Å². The normalized spacial score (nSPS) is 10.2. The second kappa shape index (κ2) is 8.65. The van der Waals surface area contributed by atoms with E-state index in [0.717, 1.165) is 5.56 Å². The number of hydrogen-bond acceptors (Lipinski definition) is 3. The van der Waals surface area contributed by atoms with Crippen molar-refractivity contribution in [2.45, 2.75) is 6.42 Å². The van der Waals surface area contributed by atoms with Crippen LogP contribution in [0.3, 0.4) is 0 Å². The molecular weight excluding hydrogens is 337 g/mol. The molecule has 0 unspecified atom stereocenters. The Hall–Kier alpha value is -1.91. The van der Waals surface area contributed by atoms with Crippen LogP contribution in [-0.4, -0.2) is 26.2 Å². The first-order chi connectivity index (χ1) is 11.1. The van der Waals surface area contributed by atoms with E-state index in [-0.39, 0.29) is 12.3 Å². The summed E-state index contributed by atoms with van der Waals surface area (Å²) >= 11 is 11.7. The molecular formula is C17H17Cl2NO3. The van der Waals surface area contributed by atoms with Crippen molar-refractivity contribution in [2.24, 2.45) is 0 Å². The molecule has 1 N–H and O–H groups in total. The van der Waals surface area contributed by atoms with Crippen molar-refractivity contribution < 1.29 is 14.3 Å². The lowest BCUT2D eigenvalue weighted by Gasteiger charge is -2.10. The maximum atomic E-state index is 12.0. The summed E-state index contributed by atoms with van der Waals surface area (Å²) in [5.41, 5.74) is 0.746. The number of methoxy groups -OCH3 is 1. The third-order valence-electron chi connectivity index (χ3n) is 3.10. The van der Waals surface area contributed by atoms with E-state index in [2.05, 4.69) is 5.32 Å². The Morgan fingerprint density at radius 1 is 1.09 bits per heavy atom. The number of halogens is 2. The summed E-state index contributed by atoms with van der Waals surface area (Å²) in [7, 11) is 1.56. The monoisotopic (exact) mass is 353 g/mol. The Labute approximate surface area is 145 Å². The number of rotatable bonds is 7. The minimum absolute atomic E-state index is 0.120. The zero-order chi connectivity index (χ0) is 16.7. The molecule has 0 aliphatic rings. The molecule has 0 aliphatic heterocycles. The summed E-state index contributed by atoms with van der Waals surface area (Å²) in [6.07, 6.45) is 0.199. The van der Waals surface area contributed by atoms with Gasteiger partial charge >= 0.3 is 0 Å². The van der Waals surface area contributed by atoms with Crippen LogP contribution in [0.25, 0.3) is 0 Å². The highest BCUT2D eigenvalue weighted by atomic mass is 35.5. The predicted molar refractivity (Wildman–Crippen MR) is 91.7 cm³/mol. The van der Waals surface area contributed by atoms with Crippen molar-refractivity contribution >= 4 is 29.1 Å². The number of benzene rings is 2. The highest BCUT2D eigenvalue weighted by molar-refractivity contribution is 6.30. The van der Waals surface area contributed by atoms with Crippen LogP contribution in [0.1, 0.15) is 5.56 Å². The van der Waals surface area contributed by atoms with E-state index >= 15 is 0 Å². The van der Waals surface area contributed by atoms with Crippen molar-refractivity contribution in [3.63, 3.8) is 0 Å². The quantitative estimate of drug-likeness (QED) is 0.771.